The van der Waals surface area contributed by atoms with Crippen molar-refractivity contribution >= 4 is 17.6 Å². The smallest absolute Gasteiger partial charge is 0.0990 e. The summed E-state index contributed by atoms with van der Waals surface area (Å²) in [5, 5.41) is 0. The summed E-state index contributed by atoms with van der Waals surface area (Å²) in [6, 6.07) is 0. The molecular weight excluding hydrogens is 553 g/mol. The number of hydrogen-bond donors (Lipinski definition) is 0. The van der Waals surface area contributed by atoms with Gasteiger partial charge in [0.2, 0.25) is 0 Å². The fraction of sp³-hybridized carbons (Fsp3) is 0.976. The van der Waals surface area contributed by atoms with E-state index >= 15 is 0 Å². The van der Waals surface area contributed by atoms with Gasteiger partial charge in [0, 0.05) is 25.3 Å². The van der Waals surface area contributed by atoms with Crippen molar-refractivity contribution in [3.05, 3.63) is 0 Å². The van der Waals surface area contributed by atoms with Gasteiger partial charge in [-0.2, -0.15) is 11.8 Å². The standard InChI is InChI=1S/C41H82N2S/c1-3-5-7-9-11-13-15-17-19-21-23-25-27-29-31-33-35-41-42-36-37-43(41)38-40-44-39-34-32-30-28-26-24-22-20-18-16-14-12-10-8-6-4-2/h3-40H2,1-2H3. The molecule has 0 radical (unpaired) electrons. The Labute approximate surface area is 283 Å². The van der Waals surface area contributed by atoms with Gasteiger partial charge in [0.25, 0.3) is 0 Å². The molecule has 0 aromatic carbocycles. The van der Waals surface area contributed by atoms with Gasteiger partial charge in [0.15, 0.2) is 0 Å². The molecule has 0 saturated heterocycles. The molecule has 0 fully saturated rings. The lowest BCUT2D eigenvalue weighted by Gasteiger charge is -2.20. The van der Waals surface area contributed by atoms with E-state index in [0.717, 1.165) is 6.54 Å². The van der Waals surface area contributed by atoms with E-state index in [-0.39, 0.29) is 0 Å². The van der Waals surface area contributed by atoms with Crippen LogP contribution >= 0.6 is 11.8 Å². The SMILES string of the molecule is CCCCCCCCCCCCCCCCCCSCCN1CCN=C1CCCCCCCCCCCCCCCCCC. The molecule has 3 heteroatoms. The summed E-state index contributed by atoms with van der Waals surface area (Å²) in [6.45, 7) is 8.05. The Balaban J connectivity index is 1.77. The largest absolute Gasteiger partial charge is 0.358 e. The quantitative estimate of drug-likeness (QED) is 0.0632. The van der Waals surface area contributed by atoms with Crippen molar-refractivity contribution in [2.24, 2.45) is 4.99 Å². The summed E-state index contributed by atoms with van der Waals surface area (Å²) in [6.07, 6.45) is 47.7. The fourth-order valence-corrected chi connectivity index (χ4v) is 7.83. The maximum absolute atomic E-state index is 4.86. The Morgan fingerprint density at radius 1 is 0.432 bits per heavy atom. The second-order valence-electron chi connectivity index (χ2n) is 14.3. The van der Waals surface area contributed by atoms with Crippen LogP contribution in [-0.4, -0.2) is 41.9 Å². The van der Waals surface area contributed by atoms with Gasteiger partial charge in [0.1, 0.15) is 0 Å². The highest BCUT2D eigenvalue weighted by molar-refractivity contribution is 7.99. The van der Waals surface area contributed by atoms with Crippen LogP contribution in [0.1, 0.15) is 226 Å². The summed E-state index contributed by atoms with van der Waals surface area (Å²) >= 11 is 2.18. The number of hydrogen-bond acceptors (Lipinski definition) is 3. The molecule has 0 aromatic heterocycles. The van der Waals surface area contributed by atoms with E-state index in [4.69, 9.17) is 4.99 Å². The molecule has 1 rings (SSSR count). The first-order chi connectivity index (χ1) is 21.9. The van der Waals surface area contributed by atoms with Crippen molar-refractivity contribution < 1.29 is 0 Å². The molecule has 0 bridgehead atoms. The van der Waals surface area contributed by atoms with Crippen LogP contribution in [0.15, 0.2) is 4.99 Å². The third-order valence-corrected chi connectivity index (χ3v) is 11.0. The molecule has 0 N–H and O–H groups in total. The number of thioether (sulfide) groups is 1. The first kappa shape index (κ1) is 41.8. The summed E-state index contributed by atoms with van der Waals surface area (Å²) < 4.78 is 0. The Morgan fingerprint density at radius 2 is 0.773 bits per heavy atom. The molecule has 2 nitrogen and oxygen atoms in total. The van der Waals surface area contributed by atoms with Crippen molar-refractivity contribution in [1.29, 1.82) is 0 Å². The topological polar surface area (TPSA) is 15.6 Å². The van der Waals surface area contributed by atoms with Crippen molar-refractivity contribution in [3.63, 3.8) is 0 Å². The maximum Gasteiger partial charge on any atom is 0.0990 e. The second-order valence-corrected chi connectivity index (χ2v) is 15.5. The summed E-state index contributed by atoms with van der Waals surface area (Å²) in [5.74, 6) is 4.08. The molecule has 0 spiro atoms. The number of rotatable bonds is 37. The zero-order valence-electron chi connectivity index (χ0n) is 30.7. The minimum atomic E-state index is 1.04. The second kappa shape index (κ2) is 35.7. The molecule has 0 unspecified atom stereocenters. The summed E-state index contributed by atoms with van der Waals surface area (Å²) in [5.41, 5.74) is 0. The lowest BCUT2D eigenvalue weighted by molar-refractivity contribution is 0.473. The van der Waals surface area contributed by atoms with Crippen molar-refractivity contribution in [1.82, 2.24) is 4.90 Å². The Bertz CT molecular complexity index is 577. The van der Waals surface area contributed by atoms with Crippen LogP contribution in [-0.2, 0) is 0 Å². The molecule has 0 amide bonds. The fourth-order valence-electron chi connectivity index (χ4n) is 6.87. The molecule has 0 aliphatic carbocycles. The summed E-state index contributed by atoms with van der Waals surface area (Å²) in [4.78, 5) is 7.46. The maximum atomic E-state index is 4.86. The number of amidine groups is 1. The van der Waals surface area contributed by atoms with E-state index in [1.165, 1.54) is 242 Å². The van der Waals surface area contributed by atoms with Gasteiger partial charge in [-0.25, -0.2) is 0 Å². The monoisotopic (exact) mass is 635 g/mol. The van der Waals surface area contributed by atoms with Crippen LogP contribution in [0.4, 0.5) is 0 Å². The zero-order valence-corrected chi connectivity index (χ0v) is 31.5. The Hall–Kier alpha value is -0.180. The van der Waals surface area contributed by atoms with E-state index in [2.05, 4.69) is 30.5 Å². The molecule has 1 aliphatic rings. The molecule has 1 heterocycles. The van der Waals surface area contributed by atoms with Crippen LogP contribution in [0, 0.1) is 0 Å². The van der Waals surface area contributed by atoms with Crippen molar-refractivity contribution in [3.8, 4) is 0 Å². The highest BCUT2D eigenvalue weighted by Crippen LogP contribution is 2.17. The van der Waals surface area contributed by atoms with E-state index in [1.807, 2.05) is 0 Å². The highest BCUT2D eigenvalue weighted by atomic mass is 32.2. The number of unbranched alkanes of at least 4 members (excludes halogenated alkanes) is 30. The van der Waals surface area contributed by atoms with Crippen LogP contribution in [0.25, 0.3) is 0 Å². The molecule has 0 saturated carbocycles. The molecule has 0 atom stereocenters. The predicted molar refractivity (Wildman–Crippen MR) is 205 cm³/mol. The lowest BCUT2D eigenvalue weighted by Crippen LogP contribution is -2.30. The van der Waals surface area contributed by atoms with Crippen molar-refractivity contribution in [2.75, 3.05) is 31.1 Å². The van der Waals surface area contributed by atoms with Crippen LogP contribution in [0.3, 0.4) is 0 Å². The van der Waals surface area contributed by atoms with Gasteiger partial charge in [-0.1, -0.05) is 206 Å². The number of aliphatic imine (C=N–C) groups is 1. The van der Waals surface area contributed by atoms with Gasteiger partial charge >= 0.3 is 0 Å². The summed E-state index contributed by atoms with van der Waals surface area (Å²) in [7, 11) is 0. The zero-order chi connectivity index (χ0) is 31.4. The van der Waals surface area contributed by atoms with E-state index in [9.17, 15) is 0 Å². The van der Waals surface area contributed by atoms with Crippen LogP contribution < -0.4 is 0 Å². The highest BCUT2D eigenvalue weighted by Gasteiger charge is 2.15. The first-order valence-electron chi connectivity index (χ1n) is 20.7. The average molecular weight is 635 g/mol. The molecule has 1 aliphatic heterocycles. The van der Waals surface area contributed by atoms with Gasteiger partial charge in [-0.3, -0.25) is 4.99 Å². The van der Waals surface area contributed by atoms with Gasteiger partial charge < -0.3 is 4.90 Å². The number of nitrogens with zero attached hydrogens (tertiary/aromatic N) is 2. The van der Waals surface area contributed by atoms with Gasteiger partial charge in [0.05, 0.1) is 12.4 Å². The minimum Gasteiger partial charge on any atom is -0.358 e. The third-order valence-electron chi connectivity index (χ3n) is 9.93. The predicted octanol–water partition coefficient (Wildman–Crippen LogP) is 14.3. The Morgan fingerprint density at radius 3 is 1.16 bits per heavy atom. The van der Waals surface area contributed by atoms with Crippen LogP contribution in [0.2, 0.25) is 0 Å². The first-order valence-corrected chi connectivity index (χ1v) is 21.9. The molecule has 262 valence electrons. The van der Waals surface area contributed by atoms with E-state index in [0.29, 0.717) is 0 Å². The van der Waals surface area contributed by atoms with E-state index in [1.54, 1.807) is 0 Å². The van der Waals surface area contributed by atoms with E-state index < -0.39 is 0 Å². The normalized spacial score (nSPS) is 13.3. The molecular formula is C41H82N2S. The van der Waals surface area contributed by atoms with Crippen molar-refractivity contribution in [2.45, 2.75) is 226 Å². The Kier molecular flexibility index (Phi) is 33.9. The minimum absolute atomic E-state index is 1.04. The molecule has 0 aromatic rings. The van der Waals surface area contributed by atoms with Gasteiger partial charge in [-0.15, -0.1) is 0 Å². The molecule has 44 heavy (non-hydrogen) atoms. The third kappa shape index (κ3) is 29.2. The van der Waals surface area contributed by atoms with Crippen LogP contribution in [0.5, 0.6) is 0 Å². The lowest BCUT2D eigenvalue weighted by atomic mass is 10.0. The van der Waals surface area contributed by atoms with Gasteiger partial charge in [-0.05, 0) is 18.6 Å². The average Bonchev–Trinajstić information content (AvgIpc) is 3.49.